The minimum absolute atomic E-state index is 0.0157. The molecule has 6 rings (SSSR count). The lowest BCUT2D eigenvalue weighted by Crippen LogP contribution is -2.20. The zero-order valence-corrected chi connectivity index (χ0v) is 22.9. The first-order valence-corrected chi connectivity index (χ1v) is 13.5. The molecule has 0 radical (unpaired) electrons. The first-order valence-electron chi connectivity index (χ1n) is 13.1. The fourth-order valence-corrected chi connectivity index (χ4v) is 5.02. The largest absolute Gasteiger partial charge is 0.383 e. The molecule has 5 aromatic rings. The number of benzene rings is 2. The summed E-state index contributed by atoms with van der Waals surface area (Å²) in [4.78, 5) is 9.20. The van der Waals surface area contributed by atoms with E-state index in [1.807, 2.05) is 35.1 Å². The van der Waals surface area contributed by atoms with Gasteiger partial charge in [0.1, 0.15) is 11.8 Å². The molecule has 1 aliphatic carbocycles. The molecular formula is C30H29ClN8. The Morgan fingerprint density at radius 1 is 1.13 bits per heavy atom. The van der Waals surface area contributed by atoms with Crippen molar-refractivity contribution < 1.29 is 0 Å². The van der Waals surface area contributed by atoms with Crippen molar-refractivity contribution in [2.24, 2.45) is 5.41 Å². The number of nitriles is 1. The van der Waals surface area contributed by atoms with Crippen LogP contribution in [-0.4, -0.2) is 31.5 Å². The number of aromatic nitrogens is 5. The molecule has 9 heteroatoms. The molecule has 0 bridgehead atoms. The van der Waals surface area contributed by atoms with Gasteiger partial charge in [-0.05, 0) is 36.5 Å². The zero-order chi connectivity index (χ0) is 27.1. The lowest BCUT2D eigenvalue weighted by molar-refractivity contribution is 0.443. The van der Waals surface area contributed by atoms with Crippen LogP contribution in [0.1, 0.15) is 62.5 Å². The summed E-state index contributed by atoms with van der Waals surface area (Å²) >= 11 is 6.79. The standard InChI is InChI=1S/C30H29ClN8/c1-30(2,3)17-35-27-19(14-32)15-34-28-23(27)12-20(13-24(28)31)36-29(25-16-39(38-37-25)21-9-10-21)22-8-4-6-18-7-5-11-33-26(18)22/h4-8,11-13,15-16,21,29,36H,9-10,17H2,1-3H3,(H,34,35)/t29-/m0/s1. The monoisotopic (exact) mass is 536 g/mol. The molecule has 0 saturated heterocycles. The second-order valence-corrected chi connectivity index (χ2v) is 11.7. The van der Waals surface area contributed by atoms with E-state index in [9.17, 15) is 5.26 Å². The number of pyridine rings is 2. The number of hydrogen-bond donors (Lipinski definition) is 2. The minimum atomic E-state index is -0.331. The lowest BCUT2D eigenvalue weighted by Gasteiger charge is -2.22. The van der Waals surface area contributed by atoms with Crippen molar-refractivity contribution in [1.82, 2.24) is 25.0 Å². The Kier molecular flexibility index (Phi) is 6.32. The highest BCUT2D eigenvalue weighted by atomic mass is 35.5. The van der Waals surface area contributed by atoms with Crippen molar-refractivity contribution in [2.45, 2.75) is 45.7 Å². The molecular weight excluding hydrogens is 508 g/mol. The molecule has 0 spiro atoms. The van der Waals surface area contributed by atoms with Crippen LogP contribution < -0.4 is 10.6 Å². The van der Waals surface area contributed by atoms with Gasteiger partial charge in [-0.3, -0.25) is 9.97 Å². The molecule has 3 heterocycles. The summed E-state index contributed by atoms with van der Waals surface area (Å²) in [6.45, 7) is 7.12. The van der Waals surface area contributed by atoms with Crippen LogP contribution in [-0.2, 0) is 0 Å². The fraction of sp³-hybridized carbons (Fsp3) is 0.300. The predicted octanol–water partition coefficient (Wildman–Crippen LogP) is 6.89. The van der Waals surface area contributed by atoms with Crippen molar-refractivity contribution in [3.05, 3.63) is 82.9 Å². The first-order chi connectivity index (χ1) is 18.8. The van der Waals surface area contributed by atoms with E-state index in [-0.39, 0.29) is 11.5 Å². The average Bonchev–Trinajstić information content (AvgIpc) is 3.66. The highest BCUT2D eigenvalue weighted by Crippen LogP contribution is 2.38. The van der Waals surface area contributed by atoms with Gasteiger partial charge in [-0.1, -0.05) is 61.9 Å². The van der Waals surface area contributed by atoms with Gasteiger partial charge in [0.15, 0.2) is 0 Å². The maximum atomic E-state index is 9.84. The molecule has 2 aromatic carbocycles. The molecule has 1 atom stereocenters. The highest BCUT2D eigenvalue weighted by Gasteiger charge is 2.28. The van der Waals surface area contributed by atoms with E-state index in [4.69, 9.17) is 16.6 Å². The molecule has 196 valence electrons. The van der Waals surface area contributed by atoms with Crippen molar-refractivity contribution >= 4 is 44.8 Å². The Bertz CT molecular complexity index is 1720. The third-order valence-corrected chi connectivity index (χ3v) is 7.16. The van der Waals surface area contributed by atoms with Gasteiger partial charge >= 0.3 is 0 Å². The third-order valence-electron chi connectivity index (χ3n) is 6.87. The molecule has 1 fully saturated rings. The number of nitrogens with zero attached hydrogens (tertiary/aromatic N) is 6. The maximum absolute atomic E-state index is 9.84. The lowest BCUT2D eigenvalue weighted by atomic mass is 9.96. The van der Waals surface area contributed by atoms with E-state index < -0.39 is 0 Å². The van der Waals surface area contributed by atoms with Gasteiger partial charge < -0.3 is 10.6 Å². The molecule has 1 aliphatic rings. The average molecular weight is 537 g/mol. The summed E-state index contributed by atoms with van der Waals surface area (Å²) in [6, 6.07) is 16.4. The number of rotatable bonds is 7. The second-order valence-electron chi connectivity index (χ2n) is 11.3. The number of halogens is 1. The maximum Gasteiger partial charge on any atom is 0.110 e. The van der Waals surface area contributed by atoms with E-state index in [0.29, 0.717) is 28.7 Å². The van der Waals surface area contributed by atoms with Gasteiger partial charge in [-0.2, -0.15) is 5.26 Å². The van der Waals surface area contributed by atoms with Crippen LogP contribution in [0.25, 0.3) is 21.8 Å². The van der Waals surface area contributed by atoms with Crippen LogP contribution in [0.2, 0.25) is 5.02 Å². The number of hydrogen-bond acceptors (Lipinski definition) is 7. The SMILES string of the molecule is CC(C)(C)CNc1c(C#N)cnc2c(Cl)cc(N[C@H](c3cn(C4CC4)nn3)c3cccc4cccnc34)cc12. The van der Waals surface area contributed by atoms with Gasteiger partial charge in [0.25, 0.3) is 0 Å². The minimum Gasteiger partial charge on any atom is -0.383 e. The Morgan fingerprint density at radius 3 is 2.72 bits per heavy atom. The van der Waals surface area contributed by atoms with Crippen LogP contribution in [0, 0.1) is 16.7 Å². The molecule has 0 unspecified atom stereocenters. The molecule has 0 amide bonds. The van der Waals surface area contributed by atoms with E-state index in [1.54, 1.807) is 12.4 Å². The summed E-state index contributed by atoms with van der Waals surface area (Å²) in [7, 11) is 0. The number of fused-ring (bicyclic) bond motifs is 2. The summed E-state index contributed by atoms with van der Waals surface area (Å²) in [6.07, 6.45) is 7.64. The number of anilines is 2. The van der Waals surface area contributed by atoms with Crippen LogP contribution in [0.3, 0.4) is 0 Å². The molecule has 1 saturated carbocycles. The van der Waals surface area contributed by atoms with Crippen molar-refractivity contribution in [1.29, 1.82) is 5.26 Å². The Labute approximate surface area is 232 Å². The van der Waals surface area contributed by atoms with Crippen molar-refractivity contribution in [2.75, 3.05) is 17.2 Å². The van der Waals surface area contributed by atoms with E-state index >= 15 is 0 Å². The first kappa shape index (κ1) is 25.1. The molecule has 0 aliphatic heterocycles. The topological polar surface area (TPSA) is 104 Å². The Balaban J connectivity index is 1.47. The highest BCUT2D eigenvalue weighted by molar-refractivity contribution is 6.35. The normalized spacial score (nSPS) is 14.3. The molecule has 3 aromatic heterocycles. The zero-order valence-electron chi connectivity index (χ0n) is 22.1. The quantitative estimate of drug-likeness (QED) is 0.233. The van der Waals surface area contributed by atoms with Crippen molar-refractivity contribution in [3.63, 3.8) is 0 Å². The van der Waals surface area contributed by atoms with Crippen molar-refractivity contribution in [3.8, 4) is 6.07 Å². The van der Waals surface area contributed by atoms with Gasteiger partial charge in [0.05, 0.1) is 45.6 Å². The summed E-state index contributed by atoms with van der Waals surface area (Å²) in [5.74, 6) is 0. The van der Waals surface area contributed by atoms with Crippen LogP contribution in [0.5, 0.6) is 0 Å². The molecule has 2 N–H and O–H groups in total. The van der Waals surface area contributed by atoms with Crippen LogP contribution in [0.15, 0.2) is 61.1 Å². The molecule has 39 heavy (non-hydrogen) atoms. The van der Waals surface area contributed by atoms with Gasteiger partial charge in [-0.25, -0.2) is 4.68 Å². The van der Waals surface area contributed by atoms with Gasteiger partial charge in [-0.15, -0.1) is 5.10 Å². The number of para-hydroxylation sites is 1. The van der Waals surface area contributed by atoms with E-state index in [2.05, 4.69) is 71.0 Å². The van der Waals surface area contributed by atoms with Gasteiger partial charge in [0, 0.05) is 41.0 Å². The second kappa shape index (κ2) is 9.83. The summed E-state index contributed by atoms with van der Waals surface area (Å²) in [5.41, 5.74) is 5.32. The van der Waals surface area contributed by atoms with E-state index in [1.165, 1.54) is 0 Å². The number of nitrogens with one attached hydrogen (secondary N) is 2. The smallest absolute Gasteiger partial charge is 0.110 e. The fourth-order valence-electron chi connectivity index (χ4n) is 4.75. The Hall–Kier alpha value is -4.22. The van der Waals surface area contributed by atoms with E-state index in [0.717, 1.165) is 51.8 Å². The van der Waals surface area contributed by atoms with Gasteiger partial charge in [0.2, 0.25) is 0 Å². The predicted molar refractivity (Wildman–Crippen MR) is 155 cm³/mol. The Morgan fingerprint density at radius 2 is 1.95 bits per heavy atom. The van der Waals surface area contributed by atoms with Crippen LogP contribution in [0.4, 0.5) is 11.4 Å². The van der Waals surface area contributed by atoms with Crippen LogP contribution >= 0.6 is 11.6 Å². The summed E-state index contributed by atoms with van der Waals surface area (Å²) < 4.78 is 1.95. The molecule has 8 nitrogen and oxygen atoms in total. The third kappa shape index (κ3) is 5.10. The summed E-state index contributed by atoms with van der Waals surface area (Å²) in [5, 5.41) is 28.3.